The van der Waals surface area contributed by atoms with Crippen molar-refractivity contribution in [1.29, 1.82) is 0 Å². The third kappa shape index (κ3) is 3.58. The molecule has 0 unspecified atom stereocenters. The van der Waals surface area contributed by atoms with Crippen molar-refractivity contribution in [3.8, 4) is 0 Å². The quantitative estimate of drug-likeness (QED) is 0.694. The van der Waals surface area contributed by atoms with Crippen molar-refractivity contribution in [2.24, 2.45) is 0 Å². The molecule has 2 aromatic carbocycles. The molecule has 0 radical (unpaired) electrons. The normalized spacial score (nSPS) is 10.2. The monoisotopic (exact) mass is 304 g/mol. The van der Waals surface area contributed by atoms with Gasteiger partial charge in [-0.15, -0.1) is 0 Å². The summed E-state index contributed by atoms with van der Waals surface area (Å²) in [5.74, 6) is -0.324. The predicted molar refractivity (Wildman–Crippen MR) is 80.5 cm³/mol. The maximum atomic E-state index is 12.0. The van der Waals surface area contributed by atoms with E-state index in [0.29, 0.717) is 12.1 Å². The number of amides is 1. The number of nitro groups is 1. The van der Waals surface area contributed by atoms with Crippen LogP contribution in [0.25, 0.3) is 0 Å². The van der Waals surface area contributed by atoms with Gasteiger partial charge in [0, 0.05) is 18.2 Å². The summed E-state index contributed by atoms with van der Waals surface area (Å²) in [5.41, 5.74) is 2.17. The van der Waals surface area contributed by atoms with E-state index in [1.165, 1.54) is 18.2 Å². The van der Waals surface area contributed by atoms with Gasteiger partial charge in [-0.3, -0.25) is 14.9 Å². The lowest BCUT2D eigenvalue weighted by molar-refractivity contribution is -0.384. The van der Waals surface area contributed by atoms with Crippen LogP contribution in [0.2, 0.25) is 5.02 Å². The van der Waals surface area contributed by atoms with Gasteiger partial charge in [0.25, 0.3) is 11.6 Å². The Morgan fingerprint density at radius 3 is 2.62 bits per heavy atom. The van der Waals surface area contributed by atoms with E-state index in [4.69, 9.17) is 11.6 Å². The summed E-state index contributed by atoms with van der Waals surface area (Å²) in [6, 6.07) is 11.6. The lowest BCUT2D eigenvalue weighted by atomic mass is 10.1. The molecule has 0 aliphatic carbocycles. The fraction of sp³-hybridized carbons (Fsp3) is 0.133. The molecular weight excluding hydrogens is 292 g/mol. The maximum Gasteiger partial charge on any atom is 0.287 e. The highest BCUT2D eigenvalue weighted by Gasteiger charge is 2.15. The molecule has 0 aliphatic rings. The number of carbonyl (C=O) groups excluding carboxylic acids is 1. The van der Waals surface area contributed by atoms with Crippen molar-refractivity contribution in [3.05, 3.63) is 74.3 Å². The van der Waals surface area contributed by atoms with Crippen LogP contribution in [0.4, 0.5) is 5.69 Å². The first kappa shape index (κ1) is 15.0. The minimum absolute atomic E-state index is 0.0523. The Morgan fingerprint density at radius 2 is 2.00 bits per heavy atom. The number of nitro benzene ring substituents is 1. The lowest BCUT2D eigenvalue weighted by Crippen LogP contribution is -2.23. The molecule has 5 nitrogen and oxygen atoms in total. The van der Waals surface area contributed by atoms with E-state index in [1.807, 2.05) is 31.2 Å². The van der Waals surface area contributed by atoms with E-state index in [1.54, 1.807) is 0 Å². The maximum absolute atomic E-state index is 12.0. The Morgan fingerprint density at radius 1 is 1.29 bits per heavy atom. The number of nitrogens with zero attached hydrogens (tertiary/aromatic N) is 1. The minimum Gasteiger partial charge on any atom is -0.348 e. The fourth-order valence-corrected chi connectivity index (χ4v) is 2.13. The molecule has 1 amide bonds. The van der Waals surface area contributed by atoms with Gasteiger partial charge >= 0.3 is 0 Å². The standard InChI is InChI=1S/C15H13ClN2O3/c1-10-4-2-3-5-12(10)9-17-15(19)11-6-7-14(18(20)21)13(16)8-11/h2-8H,9H2,1H3,(H,17,19). The number of benzene rings is 2. The highest BCUT2D eigenvalue weighted by molar-refractivity contribution is 6.33. The average molecular weight is 305 g/mol. The number of rotatable bonds is 4. The summed E-state index contributed by atoms with van der Waals surface area (Å²) in [6.45, 7) is 2.35. The molecule has 0 bridgehead atoms. The van der Waals surface area contributed by atoms with Crippen LogP contribution in [0.1, 0.15) is 21.5 Å². The fourth-order valence-electron chi connectivity index (χ4n) is 1.88. The molecule has 0 fully saturated rings. The van der Waals surface area contributed by atoms with Crippen LogP contribution in [-0.4, -0.2) is 10.8 Å². The zero-order valence-electron chi connectivity index (χ0n) is 11.3. The van der Waals surface area contributed by atoms with E-state index >= 15 is 0 Å². The van der Waals surface area contributed by atoms with E-state index < -0.39 is 4.92 Å². The van der Waals surface area contributed by atoms with Crippen molar-refractivity contribution < 1.29 is 9.72 Å². The molecule has 6 heteroatoms. The molecule has 2 rings (SSSR count). The van der Waals surface area contributed by atoms with Gasteiger partial charge in [-0.25, -0.2) is 0 Å². The topological polar surface area (TPSA) is 72.2 Å². The van der Waals surface area contributed by atoms with Crippen LogP contribution in [0.15, 0.2) is 42.5 Å². The van der Waals surface area contributed by atoms with Gasteiger partial charge in [-0.2, -0.15) is 0 Å². The Kier molecular flexibility index (Phi) is 4.55. The van der Waals surface area contributed by atoms with Gasteiger partial charge < -0.3 is 5.32 Å². The van der Waals surface area contributed by atoms with E-state index in [-0.39, 0.29) is 16.6 Å². The van der Waals surface area contributed by atoms with Crippen LogP contribution in [0, 0.1) is 17.0 Å². The largest absolute Gasteiger partial charge is 0.348 e. The molecule has 21 heavy (non-hydrogen) atoms. The van der Waals surface area contributed by atoms with Crippen molar-refractivity contribution in [2.45, 2.75) is 13.5 Å². The van der Waals surface area contributed by atoms with Gasteiger partial charge in [0.15, 0.2) is 0 Å². The highest BCUT2D eigenvalue weighted by atomic mass is 35.5. The molecule has 0 heterocycles. The van der Waals surface area contributed by atoms with Crippen molar-refractivity contribution in [1.82, 2.24) is 5.32 Å². The van der Waals surface area contributed by atoms with Gasteiger partial charge in [0.05, 0.1) is 4.92 Å². The van der Waals surface area contributed by atoms with E-state index in [2.05, 4.69) is 5.32 Å². The van der Waals surface area contributed by atoms with Gasteiger partial charge in [-0.05, 0) is 30.2 Å². The third-order valence-electron chi connectivity index (χ3n) is 3.11. The summed E-state index contributed by atoms with van der Waals surface area (Å²) in [4.78, 5) is 22.1. The molecule has 1 N–H and O–H groups in total. The zero-order valence-corrected chi connectivity index (χ0v) is 12.1. The number of hydrogen-bond donors (Lipinski definition) is 1. The molecule has 0 saturated heterocycles. The van der Waals surface area contributed by atoms with Crippen LogP contribution in [0.5, 0.6) is 0 Å². The summed E-state index contributed by atoms with van der Waals surface area (Å²) in [6.07, 6.45) is 0. The summed E-state index contributed by atoms with van der Waals surface area (Å²) in [5, 5.41) is 13.4. The number of carbonyl (C=O) groups is 1. The predicted octanol–water partition coefficient (Wildman–Crippen LogP) is 3.49. The van der Waals surface area contributed by atoms with Crippen LogP contribution in [-0.2, 0) is 6.54 Å². The van der Waals surface area contributed by atoms with Crippen molar-refractivity contribution in [2.75, 3.05) is 0 Å². The summed E-state index contributed by atoms with van der Waals surface area (Å²) >= 11 is 5.79. The molecule has 0 spiro atoms. The highest BCUT2D eigenvalue weighted by Crippen LogP contribution is 2.24. The molecule has 0 aliphatic heterocycles. The van der Waals surface area contributed by atoms with Crippen LogP contribution >= 0.6 is 11.6 Å². The minimum atomic E-state index is -0.586. The second kappa shape index (κ2) is 6.37. The third-order valence-corrected chi connectivity index (χ3v) is 3.41. The van der Waals surface area contributed by atoms with E-state index in [9.17, 15) is 14.9 Å². The first-order chi connectivity index (χ1) is 9.99. The Balaban J connectivity index is 2.09. The van der Waals surface area contributed by atoms with Crippen LogP contribution in [0.3, 0.4) is 0 Å². The average Bonchev–Trinajstić information content (AvgIpc) is 2.45. The Bertz CT molecular complexity index is 701. The number of hydrogen-bond acceptors (Lipinski definition) is 3. The molecule has 108 valence electrons. The Labute approximate surface area is 126 Å². The first-order valence-corrected chi connectivity index (χ1v) is 6.63. The number of nitrogens with one attached hydrogen (secondary N) is 1. The zero-order chi connectivity index (χ0) is 15.4. The smallest absolute Gasteiger partial charge is 0.287 e. The summed E-state index contributed by atoms with van der Waals surface area (Å²) < 4.78 is 0. The lowest BCUT2D eigenvalue weighted by Gasteiger charge is -2.08. The molecule has 0 atom stereocenters. The molecule has 0 saturated carbocycles. The van der Waals surface area contributed by atoms with Crippen molar-refractivity contribution in [3.63, 3.8) is 0 Å². The first-order valence-electron chi connectivity index (χ1n) is 6.25. The SMILES string of the molecule is Cc1ccccc1CNC(=O)c1ccc([N+](=O)[O-])c(Cl)c1. The van der Waals surface area contributed by atoms with E-state index in [0.717, 1.165) is 11.1 Å². The second-order valence-corrected chi connectivity index (χ2v) is 4.94. The van der Waals surface area contributed by atoms with Gasteiger partial charge in [0.2, 0.25) is 0 Å². The Hall–Kier alpha value is -2.40. The van der Waals surface area contributed by atoms with Crippen LogP contribution < -0.4 is 5.32 Å². The number of halogens is 1. The van der Waals surface area contributed by atoms with Gasteiger partial charge in [-0.1, -0.05) is 35.9 Å². The molecule has 0 aromatic heterocycles. The van der Waals surface area contributed by atoms with Crippen molar-refractivity contribution >= 4 is 23.2 Å². The number of aryl methyl sites for hydroxylation is 1. The second-order valence-electron chi connectivity index (χ2n) is 4.53. The summed E-state index contributed by atoms with van der Waals surface area (Å²) in [7, 11) is 0. The van der Waals surface area contributed by atoms with Gasteiger partial charge in [0.1, 0.15) is 5.02 Å². The molecular formula is C15H13ClN2O3. The molecule has 2 aromatic rings.